The molecule has 6 nitrogen and oxygen atoms in total. The Bertz CT molecular complexity index is 1690. The van der Waals surface area contributed by atoms with Crippen LogP contribution in [0.1, 0.15) is 323 Å². The second-order valence-electron chi connectivity index (χ2n) is 22.7. The van der Waals surface area contributed by atoms with Crippen LogP contribution in [0.25, 0.3) is 0 Å². The summed E-state index contributed by atoms with van der Waals surface area (Å²) in [6.45, 7) is 6.49. The highest BCUT2D eigenvalue weighted by Crippen LogP contribution is 2.16. The van der Waals surface area contributed by atoms with Crippen LogP contribution < -0.4 is 0 Å². The van der Waals surface area contributed by atoms with Crippen molar-refractivity contribution in [3.8, 4) is 0 Å². The van der Waals surface area contributed by atoms with Gasteiger partial charge in [-0.3, -0.25) is 14.4 Å². The van der Waals surface area contributed by atoms with Crippen molar-refractivity contribution in [3.05, 3.63) is 122 Å². The van der Waals surface area contributed by atoms with Crippen molar-refractivity contribution < 1.29 is 28.6 Å². The first kappa shape index (κ1) is 77.8. The Hall–Kier alpha value is -4.19. The fourth-order valence-corrected chi connectivity index (χ4v) is 9.51. The lowest BCUT2D eigenvalue weighted by Gasteiger charge is -2.18. The smallest absolute Gasteiger partial charge is 0.306 e. The Balaban J connectivity index is 4.31. The predicted molar refractivity (Wildman–Crippen MR) is 357 cm³/mol. The number of allylic oxidation sites excluding steroid dienone is 20. The van der Waals surface area contributed by atoms with Gasteiger partial charge >= 0.3 is 17.9 Å². The van der Waals surface area contributed by atoms with Gasteiger partial charge in [-0.2, -0.15) is 0 Å². The third kappa shape index (κ3) is 66.6. The number of ether oxygens (including phenoxy) is 3. The summed E-state index contributed by atoms with van der Waals surface area (Å²) < 4.78 is 17.0. The average Bonchev–Trinajstić information content (AvgIpc) is 3.47. The number of carbonyl (C=O) groups is 3. The number of rotatable bonds is 62. The predicted octanol–water partition coefficient (Wildman–Crippen LogP) is 23.9. The van der Waals surface area contributed by atoms with Crippen molar-refractivity contribution >= 4 is 17.9 Å². The van der Waals surface area contributed by atoms with Gasteiger partial charge in [-0.1, -0.05) is 290 Å². The summed E-state index contributed by atoms with van der Waals surface area (Å²) in [6, 6.07) is 0. The Morgan fingerprint density at radius 3 is 0.768 bits per heavy atom. The van der Waals surface area contributed by atoms with Crippen molar-refractivity contribution in [2.24, 2.45) is 0 Å². The highest BCUT2D eigenvalue weighted by molar-refractivity contribution is 5.71. The fourth-order valence-electron chi connectivity index (χ4n) is 9.51. The van der Waals surface area contributed by atoms with Crippen LogP contribution in [0.3, 0.4) is 0 Å². The van der Waals surface area contributed by atoms with Crippen LogP contribution in [0, 0.1) is 0 Å². The Morgan fingerprint density at radius 2 is 0.476 bits per heavy atom. The van der Waals surface area contributed by atoms with Crippen molar-refractivity contribution in [1.82, 2.24) is 0 Å². The molecule has 468 valence electrons. The summed E-state index contributed by atoms with van der Waals surface area (Å²) in [5.74, 6) is -0.902. The molecular formula is C76H128O6. The standard InChI is InChI=1S/C76H128O6/c1-4-7-10-13-16-19-22-25-28-30-32-33-34-35-36-37-38-39-40-41-42-43-44-46-48-51-54-57-60-63-66-69-75(78)81-72-73(71-80-74(77)68-65-62-59-56-53-50-47-27-24-21-18-15-12-9-6-3)82-76(79)70-67-64-61-58-55-52-49-45-31-29-26-23-20-17-14-11-8-5-2/h7,10,16,18-21,23,25,27-29,31-33,35-36,38-39,47,73H,4-6,8-9,11-15,17,22,24,26,30,34,37,40-46,48-72H2,1-3H3/b10-7-,19-16-,21-18-,23-20-,28-25-,31-29-,33-32-,36-35-,39-38-,47-27-. The fraction of sp³-hybridized carbons (Fsp3) is 0.697. The Morgan fingerprint density at radius 1 is 0.256 bits per heavy atom. The molecule has 0 spiro atoms. The average molecular weight is 1140 g/mol. The van der Waals surface area contributed by atoms with Gasteiger partial charge in [0.1, 0.15) is 13.2 Å². The molecule has 1 atom stereocenters. The molecule has 0 bridgehead atoms. The second kappa shape index (κ2) is 69.3. The highest BCUT2D eigenvalue weighted by Gasteiger charge is 2.19. The van der Waals surface area contributed by atoms with Crippen LogP contribution in [-0.2, 0) is 28.6 Å². The minimum absolute atomic E-state index is 0.0873. The molecule has 0 aromatic rings. The number of hydrogen-bond acceptors (Lipinski definition) is 6. The minimum atomic E-state index is -0.793. The van der Waals surface area contributed by atoms with Crippen LogP contribution >= 0.6 is 0 Å². The number of unbranched alkanes of at least 4 members (excludes halogenated alkanes) is 31. The van der Waals surface area contributed by atoms with Gasteiger partial charge in [0.25, 0.3) is 0 Å². The lowest BCUT2D eigenvalue weighted by Crippen LogP contribution is -2.30. The summed E-state index contributed by atoms with van der Waals surface area (Å²) in [5.41, 5.74) is 0. The summed E-state index contributed by atoms with van der Waals surface area (Å²) in [7, 11) is 0. The van der Waals surface area contributed by atoms with Gasteiger partial charge in [0.2, 0.25) is 0 Å². The molecule has 0 aromatic carbocycles. The zero-order chi connectivity index (χ0) is 59.2. The number of hydrogen-bond donors (Lipinski definition) is 0. The van der Waals surface area contributed by atoms with Crippen molar-refractivity contribution in [3.63, 3.8) is 0 Å². The zero-order valence-corrected chi connectivity index (χ0v) is 53.7. The van der Waals surface area contributed by atoms with Crippen LogP contribution in [0.2, 0.25) is 0 Å². The molecule has 0 aliphatic heterocycles. The van der Waals surface area contributed by atoms with E-state index in [1.54, 1.807) is 0 Å². The van der Waals surface area contributed by atoms with E-state index in [4.69, 9.17) is 14.2 Å². The monoisotopic (exact) mass is 1140 g/mol. The van der Waals surface area contributed by atoms with Gasteiger partial charge in [0.15, 0.2) is 6.10 Å². The van der Waals surface area contributed by atoms with Crippen molar-refractivity contribution in [2.45, 2.75) is 329 Å². The summed E-state index contributed by atoms with van der Waals surface area (Å²) in [6.07, 6.45) is 96.4. The molecule has 0 heterocycles. The van der Waals surface area contributed by atoms with Gasteiger partial charge in [0, 0.05) is 19.3 Å². The van der Waals surface area contributed by atoms with E-state index in [0.717, 1.165) is 135 Å². The Kier molecular flexibility index (Phi) is 65.8. The summed E-state index contributed by atoms with van der Waals surface area (Å²) in [5, 5.41) is 0. The van der Waals surface area contributed by atoms with Crippen molar-refractivity contribution in [1.29, 1.82) is 0 Å². The molecular weight excluding hydrogens is 1010 g/mol. The van der Waals surface area contributed by atoms with E-state index in [9.17, 15) is 14.4 Å². The van der Waals surface area contributed by atoms with Crippen LogP contribution in [0.5, 0.6) is 0 Å². The van der Waals surface area contributed by atoms with Gasteiger partial charge in [-0.05, 0) is 135 Å². The van der Waals surface area contributed by atoms with E-state index < -0.39 is 6.10 Å². The second-order valence-corrected chi connectivity index (χ2v) is 22.7. The van der Waals surface area contributed by atoms with E-state index in [-0.39, 0.29) is 31.1 Å². The number of carbonyl (C=O) groups excluding carboxylic acids is 3. The van der Waals surface area contributed by atoms with E-state index in [2.05, 4.69) is 142 Å². The van der Waals surface area contributed by atoms with Gasteiger partial charge < -0.3 is 14.2 Å². The largest absolute Gasteiger partial charge is 0.462 e. The molecule has 0 aromatic heterocycles. The Labute approximate surface area is 507 Å². The third-order valence-electron chi connectivity index (χ3n) is 14.7. The molecule has 0 N–H and O–H groups in total. The molecule has 0 aliphatic rings. The maximum Gasteiger partial charge on any atom is 0.306 e. The van der Waals surface area contributed by atoms with E-state index in [0.29, 0.717) is 19.3 Å². The molecule has 0 saturated heterocycles. The van der Waals surface area contributed by atoms with Gasteiger partial charge in [-0.15, -0.1) is 0 Å². The van der Waals surface area contributed by atoms with Gasteiger partial charge in [-0.25, -0.2) is 0 Å². The van der Waals surface area contributed by atoms with Crippen LogP contribution in [-0.4, -0.2) is 37.2 Å². The molecule has 82 heavy (non-hydrogen) atoms. The molecule has 0 radical (unpaired) electrons. The first-order chi connectivity index (χ1) is 40.5. The molecule has 0 fully saturated rings. The SMILES string of the molecule is CC/C=C\C/C=C\C/C=C\C/C=C\C/C=C\C/C=C\CCCCCCCCCCCCCCC(=O)OCC(COC(=O)CCCCCCC/C=C\C/C=C\CCCCC)OC(=O)CCCCCCCCC/C=C\C/C=C\CCCCCC. The summed E-state index contributed by atoms with van der Waals surface area (Å²) >= 11 is 0. The molecule has 1 unspecified atom stereocenters. The van der Waals surface area contributed by atoms with Crippen molar-refractivity contribution in [2.75, 3.05) is 13.2 Å². The maximum absolute atomic E-state index is 12.9. The molecule has 0 aliphatic carbocycles. The lowest BCUT2D eigenvalue weighted by molar-refractivity contribution is -0.167. The molecule has 6 heteroatoms. The van der Waals surface area contributed by atoms with Crippen LogP contribution in [0.4, 0.5) is 0 Å². The summed E-state index contributed by atoms with van der Waals surface area (Å²) in [4.78, 5) is 38.4. The lowest BCUT2D eigenvalue weighted by atomic mass is 10.0. The third-order valence-corrected chi connectivity index (χ3v) is 14.7. The van der Waals surface area contributed by atoms with E-state index in [1.165, 1.54) is 148 Å². The van der Waals surface area contributed by atoms with E-state index in [1.807, 2.05) is 0 Å². The topological polar surface area (TPSA) is 78.9 Å². The van der Waals surface area contributed by atoms with Gasteiger partial charge in [0.05, 0.1) is 0 Å². The quantitative estimate of drug-likeness (QED) is 0.0261. The minimum Gasteiger partial charge on any atom is -0.462 e. The molecule has 0 saturated carbocycles. The first-order valence-corrected chi connectivity index (χ1v) is 34.5. The maximum atomic E-state index is 12.9. The number of esters is 3. The normalized spacial score (nSPS) is 12.9. The van der Waals surface area contributed by atoms with E-state index >= 15 is 0 Å². The molecule has 0 amide bonds. The highest BCUT2D eigenvalue weighted by atomic mass is 16.6. The molecule has 0 rings (SSSR count). The zero-order valence-electron chi connectivity index (χ0n) is 53.7. The first-order valence-electron chi connectivity index (χ1n) is 34.5. The van der Waals surface area contributed by atoms with Crippen LogP contribution in [0.15, 0.2) is 122 Å².